The first-order chi connectivity index (χ1) is 13.0. The van der Waals surface area contributed by atoms with Gasteiger partial charge < -0.3 is 9.42 Å². The Labute approximate surface area is 160 Å². The summed E-state index contributed by atoms with van der Waals surface area (Å²) in [6.45, 7) is 11.1. The van der Waals surface area contributed by atoms with Gasteiger partial charge in [-0.3, -0.25) is 14.4 Å². The minimum atomic E-state index is 0.141. The molecule has 7 nitrogen and oxygen atoms in total. The van der Waals surface area contributed by atoms with Gasteiger partial charge in [-0.2, -0.15) is 5.10 Å². The molecule has 2 fully saturated rings. The van der Waals surface area contributed by atoms with Crippen LogP contribution in [0.25, 0.3) is 0 Å². The Morgan fingerprint density at radius 2 is 2.00 bits per heavy atom. The number of nitrogens with zero attached hydrogens (tertiary/aromatic N) is 5. The molecule has 2 aromatic heterocycles. The first kappa shape index (κ1) is 18.2. The molecule has 4 rings (SSSR count). The maximum atomic E-state index is 13.1. The standard InChI is InChI=1S/C20H29N5O2/c1-14(2)12-25-19(16-4-5-16)18(11-21-25)20(26)24-8-6-23(7-9-24)13-17-10-15(3)22-27-17/h10-11,14,16H,4-9,12-13H2,1-3H3. The number of hydrogen-bond donors (Lipinski definition) is 0. The van der Waals surface area contributed by atoms with Crippen molar-refractivity contribution >= 4 is 5.91 Å². The van der Waals surface area contributed by atoms with Gasteiger partial charge in [-0.15, -0.1) is 0 Å². The molecule has 1 saturated carbocycles. The van der Waals surface area contributed by atoms with Gasteiger partial charge >= 0.3 is 0 Å². The Hall–Kier alpha value is -2.15. The lowest BCUT2D eigenvalue weighted by atomic mass is 10.1. The van der Waals surface area contributed by atoms with Crippen LogP contribution in [-0.2, 0) is 13.1 Å². The largest absolute Gasteiger partial charge is 0.360 e. The maximum absolute atomic E-state index is 13.1. The van der Waals surface area contributed by atoms with Crippen LogP contribution in [0.1, 0.15) is 60.1 Å². The smallest absolute Gasteiger partial charge is 0.257 e. The monoisotopic (exact) mass is 371 g/mol. The van der Waals surface area contributed by atoms with Gasteiger partial charge in [0.25, 0.3) is 5.91 Å². The first-order valence-corrected chi connectivity index (χ1v) is 10.0. The second kappa shape index (κ2) is 7.46. The molecule has 0 radical (unpaired) electrons. The zero-order valence-corrected chi connectivity index (χ0v) is 16.5. The van der Waals surface area contributed by atoms with Crippen LogP contribution in [-0.4, -0.2) is 56.8 Å². The summed E-state index contributed by atoms with van der Waals surface area (Å²) in [4.78, 5) is 17.4. The molecular formula is C20H29N5O2. The van der Waals surface area contributed by atoms with E-state index < -0.39 is 0 Å². The molecule has 2 aromatic rings. The van der Waals surface area contributed by atoms with Crippen LogP contribution >= 0.6 is 0 Å². The van der Waals surface area contributed by atoms with Crippen LogP contribution in [0.2, 0.25) is 0 Å². The number of aromatic nitrogens is 3. The molecule has 0 unspecified atom stereocenters. The number of rotatable bonds is 6. The minimum absolute atomic E-state index is 0.141. The fraction of sp³-hybridized carbons (Fsp3) is 0.650. The number of piperazine rings is 1. The summed E-state index contributed by atoms with van der Waals surface area (Å²) in [5.74, 6) is 2.06. The Morgan fingerprint density at radius 3 is 2.59 bits per heavy atom. The van der Waals surface area contributed by atoms with Crippen molar-refractivity contribution in [2.45, 2.75) is 52.6 Å². The van der Waals surface area contributed by atoms with E-state index >= 15 is 0 Å². The van der Waals surface area contributed by atoms with Crippen LogP contribution in [0.5, 0.6) is 0 Å². The van der Waals surface area contributed by atoms with Crippen LogP contribution in [0.3, 0.4) is 0 Å². The third-order valence-corrected chi connectivity index (χ3v) is 5.33. The van der Waals surface area contributed by atoms with Crippen molar-refractivity contribution in [1.29, 1.82) is 0 Å². The van der Waals surface area contributed by atoms with Crippen LogP contribution in [0, 0.1) is 12.8 Å². The number of hydrogen-bond acceptors (Lipinski definition) is 5. The van der Waals surface area contributed by atoms with E-state index in [4.69, 9.17) is 4.52 Å². The highest BCUT2D eigenvalue weighted by molar-refractivity contribution is 5.95. The minimum Gasteiger partial charge on any atom is -0.360 e. The average Bonchev–Trinajstić information content (AvgIpc) is 3.27. The third kappa shape index (κ3) is 4.08. The molecule has 0 N–H and O–H groups in total. The van der Waals surface area contributed by atoms with E-state index in [0.29, 0.717) is 11.8 Å². The van der Waals surface area contributed by atoms with E-state index in [2.05, 4.69) is 33.7 Å². The molecule has 1 aliphatic carbocycles. The second-order valence-corrected chi connectivity index (χ2v) is 8.30. The fourth-order valence-electron chi connectivity index (χ4n) is 3.83. The molecule has 1 amide bonds. The Bertz CT molecular complexity index is 797. The van der Waals surface area contributed by atoms with Gasteiger partial charge in [0.1, 0.15) is 0 Å². The zero-order valence-electron chi connectivity index (χ0n) is 16.5. The molecule has 27 heavy (non-hydrogen) atoms. The molecular weight excluding hydrogens is 342 g/mol. The molecule has 2 aliphatic rings. The average molecular weight is 371 g/mol. The summed E-state index contributed by atoms with van der Waals surface area (Å²) < 4.78 is 7.38. The predicted molar refractivity (Wildman–Crippen MR) is 101 cm³/mol. The van der Waals surface area contributed by atoms with Crippen LogP contribution in [0.4, 0.5) is 0 Å². The number of carbonyl (C=O) groups excluding carboxylic acids is 1. The van der Waals surface area contributed by atoms with E-state index in [-0.39, 0.29) is 5.91 Å². The van der Waals surface area contributed by atoms with Gasteiger partial charge in [-0.1, -0.05) is 19.0 Å². The van der Waals surface area contributed by atoms with E-state index in [1.165, 1.54) is 12.8 Å². The summed E-state index contributed by atoms with van der Waals surface area (Å²) in [6.07, 6.45) is 4.14. The summed E-state index contributed by atoms with van der Waals surface area (Å²) in [6, 6.07) is 1.97. The maximum Gasteiger partial charge on any atom is 0.257 e. The van der Waals surface area contributed by atoms with Gasteiger partial charge in [-0.05, 0) is 25.7 Å². The summed E-state index contributed by atoms with van der Waals surface area (Å²) in [5.41, 5.74) is 2.88. The van der Waals surface area contributed by atoms with Gasteiger partial charge in [0.15, 0.2) is 5.76 Å². The van der Waals surface area contributed by atoms with E-state index in [0.717, 1.165) is 62.0 Å². The van der Waals surface area contributed by atoms with Crippen LogP contribution in [0.15, 0.2) is 16.8 Å². The highest BCUT2D eigenvalue weighted by Gasteiger charge is 2.34. The second-order valence-electron chi connectivity index (χ2n) is 8.30. The van der Waals surface area contributed by atoms with Crippen molar-refractivity contribution in [3.05, 3.63) is 35.0 Å². The Morgan fingerprint density at radius 1 is 1.26 bits per heavy atom. The van der Waals surface area contributed by atoms with Gasteiger partial charge in [0, 0.05) is 44.7 Å². The number of amides is 1. The SMILES string of the molecule is Cc1cc(CN2CCN(C(=O)c3cnn(CC(C)C)c3C3CC3)CC2)on1. The van der Waals surface area contributed by atoms with Crippen molar-refractivity contribution in [3.63, 3.8) is 0 Å². The number of carbonyl (C=O) groups is 1. The highest BCUT2D eigenvalue weighted by Crippen LogP contribution is 2.42. The predicted octanol–water partition coefficient (Wildman–Crippen LogP) is 2.67. The molecule has 0 spiro atoms. The fourth-order valence-corrected chi connectivity index (χ4v) is 3.83. The van der Waals surface area contributed by atoms with Crippen molar-refractivity contribution in [3.8, 4) is 0 Å². The third-order valence-electron chi connectivity index (χ3n) is 5.33. The molecule has 1 aliphatic heterocycles. The highest BCUT2D eigenvalue weighted by atomic mass is 16.5. The van der Waals surface area contributed by atoms with Gasteiger partial charge in [0.05, 0.1) is 29.7 Å². The van der Waals surface area contributed by atoms with E-state index in [9.17, 15) is 4.79 Å². The summed E-state index contributed by atoms with van der Waals surface area (Å²) in [7, 11) is 0. The van der Waals surface area contributed by atoms with E-state index in [1.807, 2.05) is 17.9 Å². The molecule has 3 heterocycles. The molecule has 0 atom stereocenters. The molecule has 7 heteroatoms. The topological polar surface area (TPSA) is 67.4 Å². The lowest BCUT2D eigenvalue weighted by Crippen LogP contribution is -2.48. The summed E-state index contributed by atoms with van der Waals surface area (Å²) in [5, 5.41) is 8.49. The molecule has 1 saturated heterocycles. The normalized spacial score (nSPS) is 18.4. The lowest BCUT2D eigenvalue weighted by molar-refractivity contribution is 0.0616. The van der Waals surface area contributed by atoms with Crippen molar-refractivity contribution in [2.75, 3.05) is 26.2 Å². The lowest BCUT2D eigenvalue weighted by Gasteiger charge is -2.34. The van der Waals surface area contributed by atoms with Crippen molar-refractivity contribution in [2.24, 2.45) is 5.92 Å². The first-order valence-electron chi connectivity index (χ1n) is 10.0. The quantitative estimate of drug-likeness (QED) is 0.781. The zero-order chi connectivity index (χ0) is 19.0. The van der Waals surface area contributed by atoms with Crippen LogP contribution < -0.4 is 0 Å². The van der Waals surface area contributed by atoms with E-state index in [1.54, 1.807) is 6.20 Å². The molecule has 146 valence electrons. The number of aryl methyl sites for hydroxylation is 1. The molecule has 0 bridgehead atoms. The van der Waals surface area contributed by atoms with Gasteiger partial charge in [0.2, 0.25) is 0 Å². The van der Waals surface area contributed by atoms with Crippen molar-refractivity contribution < 1.29 is 9.32 Å². The van der Waals surface area contributed by atoms with Crippen molar-refractivity contribution in [1.82, 2.24) is 24.7 Å². The Balaban J connectivity index is 1.40. The summed E-state index contributed by atoms with van der Waals surface area (Å²) >= 11 is 0. The Kier molecular flexibility index (Phi) is 5.04. The van der Waals surface area contributed by atoms with Gasteiger partial charge in [-0.25, -0.2) is 0 Å². The molecule has 0 aromatic carbocycles.